The molecule has 0 aromatic heterocycles. The van der Waals surface area contributed by atoms with E-state index >= 15 is 0 Å². The van der Waals surface area contributed by atoms with Gasteiger partial charge >= 0.3 is 0 Å². The average molecular weight is 415 g/mol. The summed E-state index contributed by atoms with van der Waals surface area (Å²) in [5, 5.41) is 3.00. The summed E-state index contributed by atoms with van der Waals surface area (Å²) in [5.41, 5.74) is 2.14. The van der Waals surface area contributed by atoms with E-state index in [0.29, 0.717) is 31.1 Å². The predicted octanol–water partition coefficient (Wildman–Crippen LogP) is 1.24. The van der Waals surface area contributed by atoms with Gasteiger partial charge in [-0.25, -0.2) is 8.42 Å². The second kappa shape index (κ2) is 8.16. The molecule has 1 amide bonds. The van der Waals surface area contributed by atoms with Crippen LogP contribution < -0.4 is 14.5 Å². The lowest BCUT2D eigenvalue weighted by atomic mass is 10.2. The molecule has 7 heteroatoms. The number of anilines is 1. The summed E-state index contributed by atoms with van der Waals surface area (Å²) < 4.78 is 27.9. The van der Waals surface area contributed by atoms with Crippen molar-refractivity contribution in [1.29, 1.82) is 0 Å². The fraction of sp³-hybridized carbons (Fsp3) is 0.409. The summed E-state index contributed by atoms with van der Waals surface area (Å²) in [5.74, 6) is -0.216. The van der Waals surface area contributed by atoms with Crippen molar-refractivity contribution < 1.29 is 18.1 Å². The van der Waals surface area contributed by atoms with Crippen molar-refractivity contribution in [3.05, 3.63) is 59.7 Å². The number of nitrogens with one attached hydrogen (secondary N) is 2. The standard InChI is InChI=1S/C22H27N3O3S/c1-2-24-13-6-9-19(24)16-23-22(26)18-8-5-10-20(15-18)29(27,28)25-14-12-17-7-3-4-11-21(17)25/h3-5,7-8,10-11,15,19H,2,6,9,12-14,16H2,1H3,(H,23,26)/p+1/t19-/m1/s1. The highest BCUT2D eigenvalue weighted by atomic mass is 32.2. The van der Waals surface area contributed by atoms with E-state index < -0.39 is 10.0 Å². The summed E-state index contributed by atoms with van der Waals surface area (Å²) in [6.45, 7) is 5.43. The fourth-order valence-electron chi connectivity index (χ4n) is 4.50. The number of hydrogen-bond acceptors (Lipinski definition) is 3. The highest BCUT2D eigenvalue weighted by Gasteiger charge is 2.31. The Morgan fingerprint density at radius 1 is 1.21 bits per heavy atom. The number of quaternary nitrogens is 1. The van der Waals surface area contributed by atoms with E-state index in [1.807, 2.05) is 24.3 Å². The first kappa shape index (κ1) is 19.9. The molecule has 2 aromatic carbocycles. The SMILES string of the molecule is CC[NH+]1CCC[C@@H]1CNC(=O)c1cccc(S(=O)(=O)N2CCc3ccccc32)c1. The molecule has 1 unspecified atom stereocenters. The number of carbonyl (C=O) groups is 1. The van der Waals surface area contributed by atoms with Crippen molar-refractivity contribution in [1.82, 2.24) is 5.32 Å². The van der Waals surface area contributed by atoms with Gasteiger partial charge in [0.05, 0.1) is 30.2 Å². The lowest BCUT2D eigenvalue weighted by Crippen LogP contribution is -3.14. The highest BCUT2D eigenvalue weighted by molar-refractivity contribution is 7.92. The third-order valence-electron chi connectivity index (χ3n) is 6.12. The third-order valence-corrected chi connectivity index (χ3v) is 7.93. The molecule has 0 aliphatic carbocycles. The van der Waals surface area contributed by atoms with Gasteiger partial charge in [-0.15, -0.1) is 0 Å². The van der Waals surface area contributed by atoms with Gasteiger partial charge in [0.15, 0.2) is 0 Å². The van der Waals surface area contributed by atoms with E-state index in [-0.39, 0.29) is 10.8 Å². The van der Waals surface area contributed by atoms with Gasteiger partial charge in [-0.2, -0.15) is 0 Å². The molecule has 2 atom stereocenters. The van der Waals surface area contributed by atoms with Crippen LogP contribution in [0.1, 0.15) is 35.7 Å². The Labute approximate surface area is 172 Å². The lowest BCUT2D eigenvalue weighted by molar-refractivity contribution is -0.909. The first-order chi connectivity index (χ1) is 14.0. The predicted molar refractivity (Wildman–Crippen MR) is 113 cm³/mol. The third kappa shape index (κ3) is 3.89. The van der Waals surface area contributed by atoms with Gasteiger partial charge < -0.3 is 10.2 Å². The summed E-state index contributed by atoms with van der Waals surface area (Å²) in [6, 6.07) is 14.4. The molecule has 2 aromatic rings. The van der Waals surface area contributed by atoms with Crippen LogP contribution in [-0.2, 0) is 16.4 Å². The highest BCUT2D eigenvalue weighted by Crippen LogP contribution is 2.32. The van der Waals surface area contributed by atoms with Crippen molar-refractivity contribution in [3.8, 4) is 0 Å². The van der Waals surface area contributed by atoms with E-state index in [1.54, 1.807) is 18.2 Å². The Morgan fingerprint density at radius 2 is 2.03 bits per heavy atom. The minimum absolute atomic E-state index is 0.156. The second-order valence-electron chi connectivity index (χ2n) is 7.79. The molecular weight excluding hydrogens is 386 g/mol. The fourth-order valence-corrected chi connectivity index (χ4v) is 6.05. The first-order valence-electron chi connectivity index (χ1n) is 10.3. The Kier molecular flexibility index (Phi) is 5.61. The summed E-state index contributed by atoms with van der Waals surface area (Å²) in [7, 11) is -3.70. The topological polar surface area (TPSA) is 70.9 Å². The normalized spacial score (nSPS) is 21.2. The lowest BCUT2D eigenvalue weighted by Gasteiger charge is -2.21. The monoisotopic (exact) mass is 414 g/mol. The Bertz CT molecular complexity index is 1010. The minimum atomic E-state index is -3.70. The smallest absolute Gasteiger partial charge is 0.264 e. The molecule has 0 radical (unpaired) electrons. The molecule has 2 N–H and O–H groups in total. The van der Waals surface area contributed by atoms with E-state index in [2.05, 4.69) is 12.2 Å². The number of likely N-dealkylation sites (N-methyl/N-ethyl adjacent to an activating group) is 1. The zero-order valence-electron chi connectivity index (χ0n) is 16.7. The van der Waals surface area contributed by atoms with Gasteiger partial charge in [0.2, 0.25) is 0 Å². The van der Waals surface area contributed by atoms with Crippen LogP contribution in [0.3, 0.4) is 0 Å². The van der Waals surface area contributed by atoms with Crippen molar-refractivity contribution >= 4 is 21.6 Å². The summed E-state index contributed by atoms with van der Waals surface area (Å²) in [4.78, 5) is 14.3. The van der Waals surface area contributed by atoms with Gasteiger partial charge in [-0.1, -0.05) is 24.3 Å². The van der Waals surface area contributed by atoms with E-state index in [4.69, 9.17) is 0 Å². The number of rotatable bonds is 6. The average Bonchev–Trinajstić information content (AvgIpc) is 3.38. The summed E-state index contributed by atoms with van der Waals surface area (Å²) in [6.07, 6.45) is 3.01. The maximum absolute atomic E-state index is 13.2. The van der Waals surface area contributed by atoms with Crippen molar-refractivity contribution in [2.45, 2.75) is 37.1 Å². The number of likely N-dealkylation sites (tertiary alicyclic amines) is 1. The number of nitrogens with zero attached hydrogens (tertiary/aromatic N) is 1. The molecular formula is C22H28N3O3S+. The molecule has 2 aliphatic rings. The molecule has 0 bridgehead atoms. The van der Waals surface area contributed by atoms with Gasteiger partial charge in [0, 0.05) is 24.9 Å². The van der Waals surface area contributed by atoms with Crippen LogP contribution in [0.2, 0.25) is 0 Å². The number of fused-ring (bicyclic) bond motifs is 1. The van der Waals surface area contributed by atoms with Crippen LogP contribution in [0, 0.1) is 0 Å². The van der Waals surface area contributed by atoms with E-state index in [9.17, 15) is 13.2 Å². The number of sulfonamides is 1. The Hall–Kier alpha value is -2.38. The molecule has 0 saturated carbocycles. The largest absolute Gasteiger partial charge is 0.346 e. The molecule has 1 saturated heterocycles. The van der Waals surface area contributed by atoms with Crippen LogP contribution >= 0.6 is 0 Å². The quantitative estimate of drug-likeness (QED) is 0.747. The van der Waals surface area contributed by atoms with Gasteiger partial charge in [0.1, 0.15) is 6.04 Å². The van der Waals surface area contributed by atoms with E-state index in [1.165, 1.54) is 21.7 Å². The van der Waals surface area contributed by atoms with Crippen LogP contribution in [-0.4, -0.2) is 46.5 Å². The second-order valence-corrected chi connectivity index (χ2v) is 9.66. The molecule has 0 spiro atoms. The molecule has 2 heterocycles. The number of amides is 1. The Morgan fingerprint density at radius 3 is 2.86 bits per heavy atom. The molecule has 2 aliphatic heterocycles. The van der Waals surface area contributed by atoms with E-state index in [0.717, 1.165) is 30.8 Å². The van der Waals surface area contributed by atoms with Crippen LogP contribution in [0.15, 0.2) is 53.4 Å². The molecule has 29 heavy (non-hydrogen) atoms. The van der Waals surface area contributed by atoms with Crippen LogP contribution in [0.4, 0.5) is 5.69 Å². The molecule has 4 rings (SSSR count). The zero-order valence-corrected chi connectivity index (χ0v) is 17.5. The van der Waals surface area contributed by atoms with Crippen molar-refractivity contribution in [3.63, 3.8) is 0 Å². The summed E-state index contributed by atoms with van der Waals surface area (Å²) >= 11 is 0. The minimum Gasteiger partial charge on any atom is -0.346 e. The van der Waals surface area contributed by atoms with Gasteiger partial charge in [-0.05, 0) is 43.2 Å². The van der Waals surface area contributed by atoms with Crippen LogP contribution in [0.25, 0.3) is 0 Å². The van der Waals surface area contributed by atoms with Crippen molar-refractivity contribution in [2.75, 3.05) is 30.5 Å². The first-order valence-corrected chi connectivity index (χ1v) is 11.8. The zero-order chi connectivity index (χ0) is 20.4. The van der Waals surface area contributed by atoms with Gasteiger partial charge in [-0.3, -0.25) is 9.10 Å². The van der Waals surface area contributed by atoms with Gasteiger partial charge in [0.25, 0.3) is 15.9 Å². The number of para-hydroxylation sites is 1. The number of hydrogen-bond donors (Lipinski definition) is 2. The molecule has 1 fully saturated rings. The molecule has 154 valence electrons. The van der Waals surface area contributed by atoms with Crippen LogP contribution in [0.5, 0.6) is 0 Å². The van der Waals surface area contributed by atoms with Crippen molar-refractivity contribution in [2.24, 2.45) is 0 Å². The molecule has 6 nitrogen and oxygen atoms in total. The maximum Gasteiger partial charge on any atom is 0.264 e. The number of carbonyl (C=O) groups excluding carboxylic acids is 1. The number of benzene rings is 2. The Balaban J connectivity index is 1.50. The maximum atomic E-state index is 13.2.